The minimum absolute atomic E-state index is 0.0348. The lowest BCUT2D eigenvalue weighted by atomic mass is 9.96. The summed E-state index contributed by atoms with van der Waals surface area (Å²) in [6, 6.07) is 3.95. The van der Waals surface area contributed by atoms with Crippen molar-refractivity contribution in [2.45, 2.75) is 13.0 Å². The van der Waals surface area contributed by atoms with Crippen molar-refractivity contribution in [1.82, 2.24) is 4.90 Å². The Labute approximate surface area is 140 Å². The van der Waals surface area contributed by atoms with E-state index in [-0.39, 0.29) is 22.9 Å². The summed E-state index contributed by atoms with van der Waals surface area (Å²) < 4.78 is 5.11. The summed E-state index contributed by atoms with van der Waals surface area (Å²) in [4.78, 5) is 27.0. The third kappa shape index (κ3) is 3.21. The summed E-state index contributed by atoms with van der Waals surface area (Å²) in [6.07, 6.45) is 0. The Balaban J connectivity index is 2.50. The molecule has 1 aliphatic heterocycles. The van der Waals surface area contributed by atoms with Crippen LogP contribution in [0.1, 0.15) is 18.5 Å². The smallest absolute Gasteiger partial charge is 0.290 e. The van der Waals surface area contributed by atoms with Gasteiger partial charge in [0.05, 0.1) is 45.9 Å². The molecule has 1 aliphatic rings. The number of carbonyl (C=O) groups excluding carboxylic acids is 2. The Bertz CT molecular complexity index is 696. The number of likely N-dealkylation sites (N-methyl/N-ethyl adjacent to an activating group) is 1. The number of phenols is 1. The molecular weight excluding hydrogens is 312 g/mol. The largest absolute Gasteiger partial charge is 0.504 e. The van der Waals surface area contributed by atoms with E-state index in [1.807, 2.05) is 14.1 Å². The second-order valence-corrected chi connectivity index (χ2v) is 6.11. The van der Waals surface area contributed by atoms with Gasteiger partial charge in [-0.15, -0.1) is 0 Å². The number of ether oxygens (including phenoxy) is 1. The van der Waals surface area contributed by atoms with E-state index in [2.05, 4.69) is 0 Å². The second-order valence-electron chi connectivity index (χ2n) is 6.11. The molecule has 0 saturated heterocycles. The number of carbonyl (C=O) groups is 2. The van der Waals surface area contributed by atoms with Crippen molar-refractivity contribution in [3.8, 4) is 11.5 Å². The predicted molar refractivity (Wildman–Crippen MR) is 87.1 cm³/mol. The number of hydrogen-bond donors (Lipinski definition) is 3. The minimum Gasteiger partial charge on any atom is -0.504 e. The van der Waals surface area contributed by atoms with Gasteiger partial charge >= 0.3 is 0 Å². The number of quaternary nitrogens is 1. The van der Waals surface area contributed by atoms with Crippen LogP contribution in [0.5, 0.6) is 11.5 Å². The monoisotopic (exact) mass is 335 g/mol. The van der Waals surface area contributed by atoms with Crippen LogP contribution in [-0.2, 0) is 9.59 Å². The van der Waals surface area contributed by atoms with Gasteiger partial charge in [-0.1, -0.05) is 6.07 Å². The molecule has 0 spiro atoms. The number of amides is 1. The standard InChI is InChI=1S/C17H22N2O5/c1-10(20)14-15(11-5-6-12(21)13(9-11)24-4)19(8-7-18(2)3)17(23)16(14)22/h5-6,9,15,21-22H,7-8H2,1-4H3/p+1/t15-/m1/s1. The molecule has 1 amide bonds. The van der Waals surface area contributed by atoms with E-state index in [1.165, 1.54) is 25.0 Å². The van der Waals surface area contributed by atoms with Crippen LogP contribution >= 0.6 is 0 Å². The molecular formula is C17H23N2O5+. The van der Waals surface area contributed by atoms with E-state index in [4.69, 9.17) is 4.74 Å². The first-order valence-electron chi connectivity index (χ1n) is 7.68. The molecule has 0 aliphatic carbocycles. The van der Waals surface area contributed by atoms with Gasteiger partial charge in [0.1, 0.15) is 0 Å². The summed E-state index contributed by atoms with van der Waals surface area (Å²) in [7, 11) is 5.33. The summed E-state index contributed by atoms with van der Waals surface area (Å²) in [6.45, 7) is 2.37. The maximum Gasteiger partial charge on any atom is 0.290 e. The number of nitrogens with one attached hydrogen (secondary N) is 1. The molecule has 1 aromatic rings. The number of nitrogens with zero attached hydrogens (tertiary/aromatic N) is 1. The van der Waals surface area contributed by atoms with Crippen LogP contribution in [0, 0.1) is 0 Å². The third-order valence-electron chi connectivity index (χ3n) is 4.06. The zero-order valence-corrected chi connectivity index (χ0v) is 14.3. The highest BCUT2D eigenvalue weighted by atomic mass is 16.5. The number of Topliss-reactive ketones (excluding diaryl/α,β-unsaturated/α-hetero) is 1. The second kappa shape index (κ2) is 6.92. The fraction of sp³-hybridized carbons (Fsp3) is 0.412. The van der Waals surface area contributed by atoms with E-state index >= 15 is 0 Å². The molecule has 24 heavy (non-hydrogen) atoms. The number of rotatable bonds is 6. The van der Waals surface area contributed by atoms with Gasteiger partial charge in [-0.3, -0.25) is 9.59 Å². The SMILES string of the molecule is COc1cc([C@@H]2C(C(C)=O)=C(O)C(=O)N2CC[NH+](C)C)ccc1O. The number of hydrogen-bond acceptors (Lipinski definition) is 5. The van der Waals surface area contributed by atoms with Gasteiger partial charge in [0.25, 0.3) is 5.91 Å². The summed E-state index contributed by atoms with van der Waals surface area (Å²) in [5.41, 5.74) is 0.669. The average Bonchev–Trinajstić information content (AvgIpc) is 2.77. The Morgan fingerprint density at radius 2 is 2.00 bits per heavy atom. The van der Waals surface area contributed by atoms with Gasteiger partial charge in [-0.05, 0) is 24.6 Å². The number of benzene rings is 1. The van der Waals surface area contributed by atoms with Gasteiger partial charge in [0, 0.05) is 0 Å². The number of aromatic hydroxyl groups is 1. The molecule has 7 heteroatoms. The number of aliphatic hydroxyl groups is 1. The summed E-state index contributed by atoms with van der Waals surface area (Å²) in [5.74, 6) is -1.22. The Morgan fingerprint density at radius 3 is 2.54 bits per heavy atom. The molecule has 1 heterocycles. The topological polar surface area (TPSA) is 91.5 Å². The fourth-order valence-electron chi connectivity index (χ4n) is 2.80. The van der Waals surface area contributed by atoms with Crippen molar-refractivity contribution in [1.29, 1.82) is 0 Å². The molecule has 1 atom stereocenters. The van der Waals surface area contributed by atoms with Crippen LogP contribution in [0.25, 0.3) is 0 Å². The van der Waals surface area contributed by atoms with Crippen LogP contribution in [-0.4, -0.2) is 61.1 Å². The minimum atomic E-state index is -0.691. The zero-order chi connectivity index (χ0) is 18.0. The van der Waals surface area contributed by atoms with Crippen LogP contribution in [0.4, 0.5) is 0 Å². The Kier molecular flexibility index (Phi) is 5.14. The van der Waals surface area contributed by atoms with Crippen molar-refractivity contribution >= 4 is 11.7 Å². The van der Waals surface area contributed by atoms with Gasteiger partial charge in [-0.2, -0.15) is 0 Å². The molecule has 0 aromatic heterocycles. The lowest BCUT2D eigenvalue weighted by molar-refractivity contribution is -0.857. The van der Waals surface area contributed by atoms with Crippen molar-refractivity contribution in [3.05, 3.63) is 35.1 Å². The van der Waals surface area contributed by atoms with Crippen molar-refractivity contribution in [3.63, 3.8) is 0 Å². The van der Waals surface area contributed by atoms with Crippen LogP contribution in [0.3, 0.4) is 0 Å². The van der Waals surface area contributed by atoms with E-state index in [1.54, 1.807) is 12.1 Å². The molecule has 3 N–H and O–H groups in total. The first-order chi connectivity index (χ1) is 11.3. The van der Waals surface area contributed by atoms with Crippen molar-refractivity contribution in [2.24, 2.45) is 0 Å². The summed E-state index contributed by atoms with van der Waals surface area (Å²) >= 11 is 0. The fourth-order valence-corrected chi connectivity index (χ4v) is 2.80. The maximum absolute atomic E-state index is 12.4. The van der Waals surface area contributed by atoms with E-state index in [0.717, 1.165) is 4.90 Å². The quantitative estimate of drug-likeness (QED) is 0.671. The zero-order valence-electron chi connectivity index (χ0n) is 14.3. The highest BCUT2D eigenvalue weighted by molar-refractivity contribution is 6.08. The molecule has 130 valence electrons. The summed E-state index contributed by atoms with van der Waals surface area (Å²) in [5, 5.41) is 19.9. The van der Waals surface area contributed by atoms with E-state index < -0.39 is 17.7 Å². The Morgan fingerprint density at radius 1 is 1.33 bits per heavy atom. The highest BCUT2D eigenvalue weighted by Crippen LogP contribution is 2.40. The first kappa shape index (κ1) is 17.8. The Hall–Kier alpha value is -2.54. The first-order valence-corrected chi connectivity index (χ1v) is 7.68. The van der Waals surface area contributed by atoms with Gasteiger partial charge in [0.2, 0.25) is 0 Å². The van der Waals surface area contributed by atoms with Crippen LogP contribution in [0.2, 0.25) is 0 Å². The van der Waals surface area contributed by atoms with Crippen LogP contribution < -0.4 is 9.64 Å². The molecule has 0 fully saturated rings. The number of phenolic OH excluding ortho intramolecular Hbond substituents is 1. The molecule has 2 rings (SSSR count). The normalized spacial score (nSPS) is 17.8. The maximum atomic E-state index is 12.4. The number of ketones is 1. The third-order valence-corrected chi connectivity index (χ3v) is 4.06. The molecule has 0 saturated carbocycles. The highest BCUT2D eigenvalue weighted by Gasteiger charge is 2.42. The van der Waals surface area contributed by atoms with Gasteiger partial charge in [0.15, 0.2) is 23.0 Å². The van der Waals surface area contributed by atoms with Gasteiger partial charge in [-0.25, -0.2) is 0 Å². The average molecular weight is 335 g/mol. The molecule has 7 nitrogen and oxygen atoms in total. The molecule has 1 aromatic carbocycles. The van der Waals surface area contributed by atoms with Crippen molar-refractivity contribution in [2.75, 3.05) is 34.3 Å². The van der Waals surface area contributed by atoms with E-state index in [9.17, 15) is 19.8 Å². The lowest BCUT2D eigenvalue weighted by Crippen LogP contribution is -3.06. The van der Waals surface area contributed by atoms with Crippen LogP contribution in [0.15, 0.2) is 29.5 Å². The van der Waals surface area contributed by atoms with E-state index in [0.29, 0.717) is 18.7 Å². The molecule has 0 bridgehead atoms. The molecule has 0 radical (unpaired) electrons. The molecule has 0 unspecified atom stereocenters. The van der Waals surface area contributed by atoms with Crippen molar-refractivity contribution < 1.29 is 29.4 Å². The predicted octanol–water partition coefficient (Wildman–Crippen LogP) is -0.170. The number of methoxy groups -OCH3 is 1. The lowest BCUT2D eigenvalue weighted by Gasteiger charge is -2.27. The van der Waals surface area contributed by atoms with Gasteiger partial charge < -0.3 is 24.7 Å². The number of aliphatic hydroxyl groups excluding tert-OH is 1.